The van der Waals surface area contributed by atoms with E-state index in [1.165, 1.54) is 54.9 Å². The van der Waals surface area contributed by atoms with Crippen LogP contribution in [0.1, 0.15) is 34.0 Å². The minimum Gasteiger partial charge on any atom is -0.323 e. The minimum absolute atomic E-state index is 0.0596. The highest BCUT2D eigenvalue weighted by Gasteiger charge is 2.33. The molecule has 2 atom stereocenters. The van der Waals surface area contributed by atoms with Gasteiger partial charge in [0.1, 0.15) is 0 Å². The van der Waals surface area contributed by atoms with Crippen molar-refractivity contribution in [2.24, 2.45) is 5.73 Å². The second-order valence-electron chi connectivity index (χ2n) is 10.3. The van der Waals surface area contributed by atoms with Gasteiger partial charge in [-0.3, -0.25) is 0 Å². The molecule has 6 aromatic carbocycles. The molecule has 1 aliphatic heterocycles. The maximum Gasteiger partial charge on any atom is 0.0404 e. The first-order chi connectivity index (χ1) is 18.8. The van der Waals surface area contributed by atoms with Crippen LogP contribution in [0.2, 0.25) is 0 Å². The summed E-state index contributed by atoms with van der Waals surface area (Å²) in [5.41, 5.74) is 15.7. The van der Waals surface area contributed by atoms with Gasteiger partial charge in [-0.2, -0.15) is 0 Å². The molecule has 0 aliphatic carbocycles. The molecule has 0 radical (unpaired) electrons. The van der Waals surface area contributed by atoms with E-state index < -0.39 is 7.92 Å². The Hall–Kier alpha value is -3.77. The molecule has 2 unspecified atom stereocenters. The van der Waals surface area contributed by atoms with Crippen LogP contribution in [0.4, 0.5) is 0 Å². The van der Waals surface area contributed by atoms with Crippen LogP contribution in [-0.2, 0) is 12.3 Å². The lowest BCUT2D eigenvalue weighted by Gasteiger charge is -2.33. The standard InChI is InChI=1S/C36H30NP/c37-35(27-13-3-1-4-14-27)36(28-15-5-2-6-16-28)38-23-29-21-19-25-11-7-9-17-31(25)33(29)34-30(24-38)22-20-26-12-8-10-18-32(26)34/h1-22,35-36H,23-24,37H2. The van der Waals surface area contributed by atoms with Crippen molar-refractivity contribution in [1.82, 2.24) is 0 Å². The van der Waals surface area contributed by atoms with Gasteiger partial charge in [0, 0.05) is 11.7 Å². The quantitative estimate of drug-likeness (QED) is 0.236. The summed E-state index contributed by atoms with van der Waals surface area (Å²) in [6.07, 6.45) is 2.11. The van der Waals surface area contributed by atoms with Crippen LogP contribution in [0.3, 0.4) is 0 Å². The molecule has 0 spiro atoms. The van der Waals surface area contributed by atoms with Gasteiger partial charge in [0.25, 0.3) is 0 Å². The van der Waals surface area contributed by atoms with Crippen LogP contribution in [0.15, 0.2) is 133 Å². The van der Waals surface area contributed by atoms with Gasteiger partial charge in [0.15, 0.2) is 0 Å². The average Bonchev–Trinajstić information content (AvgIpc) is 3.15. The number of hydrogen-bond donors (Lipinski definition) is 1. The molecular formula is C36H30NP. The van der Waals surface area contributed by atoms with E-state index in [2.05, 4.69) is 133 Å². The summed E-state index contributed by atoms with van der Waals surface area (Å²) in [5.74, 6) is 0. The summed E-state index contributed by atoms with van der Waals surface area (Å²) in [6.45, 7) is 0. The Kier molecular flexibility index (Phi) is 6.05. The molecule has 0 fully saturated rings. The summed E-state index contributed by atoms with van der Waals surface area (Å²) in [6, 6.07) is 48.8. The van der Waals surface area contributed by atoms with Gasteiger partial charge in [0.2, 0.25) is 0 Å². The fourth-order valence-corrected chi connectivity index (χ4v) is 9.46. The zero-order chi connectivity index (χ0) is 25.5. The third-order valence-corrected chi connectivity index (χ3v) is 11.0. The molecule has 0 bridgehead atoms. The molecule has 2 heteroatoms. The van der Waals surface area contributed by atoms with Crippen molar-refractivity contribution in [3.8, 4) is 11.1 Å². The topological polar surface area (TPSA) is 26.0 Å². The maximum absolute atomic E-state index is 7.19. The van der Waals surface area contributed by atoms with Crippen LogP contribution in [0, 0.1) is 0 Å². The van der Waals surface area contributed by atoms with E-state index in [1.54, 1.807) is 0 Å². The summed E-state index contributed by atoms with van der Waals surface area (Å²) in [5, 5.41) is 5.31. The fourth-order valence-electron chi connectivity index (χ4n) is 6.33. The van der Waals surface area contributed by atoms with Gasteiger partial charge >= 0.3 is 0 Å². The van der Waals surface area contributed by atoms with Gasteiger partial charge in [-0.05, 0) is 67.2 Å². The summed E-state index contributed by atoms with van der Waals surface area (Å²) in [4.78, 5) is 0. The third kappa shape index (κ3) is 4.04. The molecule has 184 valence electrons. The molecule has 2 N–H and O–H groups in total. The van der Waals surface area contributed by atoms with Gasteiger partial charge in [0.05, 0.1) is 0 Å². The molecule has 1 aliphatic rings. The Morgan fingerprint density at radius 2 is 0.921 bits per heavy atom. The molecule has 6 aromatic rings. The van der Waals surface area contributed by atoms with Crippen molar-refractivity contribution in [1.29, 1.82) is 0 Å². The van der Waals surface area contributed by atoms with E-state index in [0.717, 1.165) is 12.3 Å². The molecule has 0 saturated carbocycles. The van der Waals surface area contributed by atoms with E-state index in [4.69, 9.17) is 5.73 Å². The first-order valence-corrected chi connectivity index (χ1v) is 15.2. The van der Waals surface area contributed by atoms with E-state index >= 15 is 0 Å². The highest BCUT2D eigenvalue weighted by atomic mass is 31.1. The number of nitrogens with two attached hydrogens (primary N) is 1. The number of fused-ring (bicyclic) bond motifs is 7. The smallest absolute Gasteiger partial charge is 0.0404 e. The molecule has 1 nitrogen and oxygen atoms in total. The molecule has 1 heterocycles. The van der Waals surface area contributed by atoms with E-state index in [9.17, 15) is 0 Å². The summed E-state index contributed by atoms with van der Waals surface area (Å²) < 4.78 is 0. The second kappa shape index (κ2) is 9.84. The zero-order valence-electron chi connectivity index (χ0n) is 21.3. The van der Waals surface area contributed by atoms with Crippen molar-refractivity contribution in [3.05, 3.63) is 156 Å². The predicted molar refractivity (Wildman–Crippen MR) is 164 cm³/mol. The largest absolute Gasteiger partial charge is 0.323 e. The Morgan fingerprint density at radius 3 is 1.45 bits per heavy atom. The lowest BCUT2D eigenvalue weighted by molar-refractivity contribution is 0.693. The van der Waals surface area contributed by atoms with Gasteiger partial charge in [-0.1, -0.05) is 141 Å². The van der Waals surface area contributed by atoms with Crippen molar-refractivity contribution in [2.45, 2.75) is 24.0 Å². The Balaban J connectivity index is 1.48. The average molecular weight is 508 g/mol. The summed E-state index contributed by atoms with van der Waals surface area (Å²) >= 11 is 0. The van der Waals surface area contributed by atoms with E-state index in [-0.39, 0.29) is 11.7 Å². The first-order valence-electron chi connectivity index (χ1n) is 13.4. The Morgan fingerprint density at radius 1 is 0.474 bits per heavy atom. The van der Waals surface area contributed by atoms with Crippen molar-refractivity contribution < 1.29 is 0 Å². The first kappa shape index (κ1) is 23.4. The van der Waals surface area contributed by atoms with Gasteiger partial charge in [-0.25, -0.2) is 0 Å². The lowest BCUT2D eigenvalue weighted by Crippen LogP contribution is -2.20. The van der Waals surface area contributed by atoms with E-state index in [1.807, 2.05) is 0 Å². The van der Waals surface area contributed by atoms with E-state index in [0.29, 0.717) is 0 Å². The Labute approximate surface area is 225 Å². The van der Waals surface area contributed by atoms with Gasteiger partial charge < -0.3 is 5.73 Å². The zero-order valence-corrected chi connectivity index (χ0v) is 22.2. The van der Waals surface area contributed by atoms with Crippen LogP contribution < -0.4 is 5.73 Å². The van der Waals surface area contributed by atoms with Crippen LogP contribution in [0.25, 0.3) is 32.7 Å². The highest BCUT2D eigenvalue weighted by molar-refractivity contribution is 7.56. The fraction of sp³-hybridized carbons (Fsp3) is 0.111. The number of rotatable bonds is 4. The molecule has 0 aromatic heterocycles. The monoisotopic (exact) mass is 507 g/mol. The molecular weight excluding hydrogens is 477 g/mol. The molecule has 0 saturated heterocycles. The van der Waals surface area contributed by atoms with Crippen LogP contribution in [-0.4, -0.2) is 0 Å². The van der Waals surface area contributed by atoms with Crippen LogP contribution in [0.5, 0.6) is 0 Å². The van der Waals surface area contributed by atoms with Crippen molar-refractivity contribution in [2.75, 3.05) is 0 Å². The number of benzene rings is 6. The third-order valence-electron chi connectivity index (χ3n) is 8.09. The van der Waals surface area contributed by atoms with Crippen LogP contribution >= 0.6 is 7.92 Å². The SMILES string of the molecule is NC(c1ccccc1)C(c1ccccc1)P1Cc2ccc3ccccc3c2-c2c(ccc3ccccc23)C1. The molecule has 0 amide bonds. The summed E-state index contributed by atoms with van der Waals surface area (Å²) in [7, 11) is -0.510. The maximum atomic E-state index is 7.19. The second-order valence-corrected chi connectivity index (χ2v) is 12.7. The number of hydrogen-bond acceptors (Lipinski definition) is 1. The Bertz CT molecular complexity index is 1660. The van der Waals surface area contributed by atoms with Crippen molar-refractivity contribution >= 4 is 29.5 Å². The minimum atomic E-state index is -0.510. The highest BCUT2D eigenvalue weighted by Crippen LogP contribution is 2.63. The molecule has 38 heavy (non-hydrogen) atoms. The van der Waals surface area contributed by atoms with Gasteiger partial charge in [-0.15, -0.1) is 0 Å². The predicted octanol–water partition coefficient (Wildman–Crippen LogP) is 9.60. The van der Waals surface area contributed by atoms with Crippen molar-refractivity contribution in [3.63, 3.8) is 0 Å². The molecule has 7 rings (SSSR count). The normalized spacial score (nSPS) is 15.0. The lowest BCUT2D eigenvalue weighted by atomic mass is 9.88.